The molecule has 0 spiro atoms. The standard InChI is InChI=1S/C27H16NS.C15H18NSi.Ir/c1-2-7-18(8-3-1)20-13-14-22-23-11-6-12-24(27(23)29-26(22)16-20)25-15-19-9-4-5-10-21(19)17-28-25;1-12-10-14(13-8-6-5-7-9-13)16-11-15(12)17(2,3)4;/h1-11,13-17H;5-8,10-11H,1-4H3;/q2*-1;. The van der Waals surface area contributed by atoms with E-state index in [9.17, 15) is 0 Å². The van der Waals surface area contributed by atoms with E-state index in [1.54, 1.807) is 0 Å². The first-order valence-electron chi connectivity index (χ1n) is 15.6. The summed E-state index contributed by atoms with van der Waals surface area (Å²) in [7, 11) is -1.27. The van der Waals surface area contributed by atoms with Gasteiger partial charge in [0, 0.05) is 37.2 Å². The molecule has 8 rings (SSSR count). The van der Waals surface area contributed by atoms with E-state index in [-0.39, 0.29) is 20.1 Å². The molecule has 2 nitrogen and oxygen atoms in total. The van der Waals surface area contributed by atoms with Crippen LogP contribution in [0.4, 0.5) is 0 Å². The molecule has 0 bridgehead atoms. The number of aryl methyl sites for hydroxylation is 1. The Kier molecular flexibility index (Phi) is 9.63. The second kappa shape index (κ2) is 13.8. The van der Waals surface area contributed by atoms with Gasteiger partial charge in [-0.05, 0) is 61.6 Å². The third-order valence-electron chi connectivity index (χ3n) is 8.33. The largest absolute Gasteiger partial charge is 0.305 e. The summed E-state index contributed by atoms with van der Waals surface area (Å²) in [6.07, 6.45) is 4.01. The molecule has 0 unspecified atom stereocenters. The Morgan fingerprint density at radius 3 is 2.11 bits per heavy atom. The average molecular weight is 819 g/mol. The third kappa shape index (κ3) is 6.90. The predicted molar refractivity (Wildman–Crippen MR) is 201 cm³/mol. The van der Waals surface area contributed by atoms with Crippen LogP contribution in [-0.4, -0.2) is 18.0 Å². The quantitative estimate of drug-likeness (QED) is 0.131. The molecule has 3 heterocycles. The minimum Gasteiger partial charge on any atom is -0.305 e. The Labute approximate surface area is 295 Å². The number of fused-ring (bicyclic) bond motifs is 4. The number of benzene rings is 5. The molecule has 5 heteroatoms. The van der Waals surface area contributed by atoms with E-state index >= 15 is 0 Å². The third-order valence-corrected chi connectivity index (χ3v) is 11.7. The summed E-state index contributed by atoms with van der Waals surface area (Å²) in [5.41, 5.74) is 7.99. The second-order valence-corrected chi connectivity index (χ2v) is 18.7. The molecule has 0 N–H and O–H groups in total. The molecular formula is C42H34IrN2SSi-2. The Bertz CT molecular complexity index is 2310. The van der Waals surface area contributed by atoms with Crippen LogP contribution >= 0.6 is 11.3 Å². The fraction of sp³-hybridized carbons (Fsp3) is 0.0952. The van der Waals surface area contributed by atoms with Crippen molar-refractivity contribution in [1.82, 2.24) is 9.97 Å². The SMILES string of the molecule is Cc1cc(-c2[c-]cccc2)ncc1[Si](C)(C)C.[Ir].[c-]1ccc2c(sc3cc(-c4ccccc4)ccc32)c1-c1cc2ccccc2cn1. The van der Waals surface area contributed by atoms with Crippen LogP contribution in [0.25, 0.3) is 64.6 Å². The summed E-state index contributed by atoms with van der Waals surface area (Å²) in [6.45, 7) is 9.24. The monoisotopic (exact) mass is 819 g/mol. The van der Waals surface area contributed by atoms with Crippen molar-refractivity contribution in [1.29, 1.82) is 0 Å². The van der Waals surface area contributed by atoms with Gasteiger partial charge in [-0.1, -0.05) is 109 Å². The number of rotatable bonds is 4. The Hall–Kier alpha value is -4.25. The number of hydrogen-bond acceptors (Lipinski definition) is 3. The summed E-state index contributed by atoms with van der Waals surface area (Å²) in [5.74, 6) is 0. The maximum absolute atomic E-state index is 4.74. The predicted octanol–water partition coefficient (Wildman–Crippen LogP) is 11.1. The van der Waals surface area contributed by atoms with Crippen molar-refractivity contribution in [3.63, 3.8) is 0 Å². The summed E-state index contributed by atoms with van der Waals surface area (Å²) in [6, 6.07) is 48.8. The molecule has 0 saturated carbocycles. The van der Waals surface area contributed by atoms with Gasteiger partial charge in [0.25, 0.3) is 0 Å². The molecule has 5 aromatic carbocycles. The van der Waals surface area contributed by atoms with Crippen molar-refractivity contribution < 1.29 is 20.1 Å². The molecule has 47 heavy (non-hydrogen) atoms. The van der Waals surface area contributed by atoms with Gasteiger partial charge in [0.05, 0.1) is 8.07 Å². The van der Waals surface area contributed by atoms with Crippen LogP contribution in [0.2, 0.25) is 19.6 Å². The summed E-state index contributed by atoms with van der Waals surface area (Å²) < 4.78 is 2.54. The van der Waals surface area contributed by atoms with Crippen molar-refractivity contribution in [2.75, 3.05) is 0 Å². The van der Waals surface area contributed by atoms with Gasteiger partial charge in [0.15, 0.2) is 0 Å². The Morgan fingerprint density at radius 1 is 0.617 bits per heavy atom. The maximum atomic E-state index is 4.74. The average Bonchev–Trinajstić information content (AvgIpc) is 3.47. The molecule has 0 saturated heterocycles. The van der Waals surface area contributed by atoms with E-state index in [1.165, 1.54) is 47.4 Å². The molecule has 0 amide bonds. The van der Waals surface area contributed by atoms with Crippen molar-refractivity contribution in [2.45, 2.75) is 26.6 Å². The second-order valence-electron chi connectivity index (χ2n) is 12.6. The zero-order valence-corrected chi connectivity index (χ0v) is 31.0. The van der Waals surface area contributed by atoms with Crippen molar-refractivity contribution in [3.05, 3.63) is 151 Å². The molecule has 0 aliphatic heterocycles. The minimum atomic E-state index is -1.27. The van der Waals surface area contributed by atoms with Crippen LogP contribution < -0.4 is 5.19 Å². The molecule has 233 valence electrons. The van der Waals surface area contributed by atoms with E-state index < -0.39 is 8.07 Å². The first kappa shape index (κ1) is 32.7. The molecule has 3 aromatic heterocycles. The van der Waals surface area contributed by atoms with Gasteiger partial charge < -0.3 is 9.97 Å². The zero-order valence-electron chi connectivity index (χ0n) is 26.8. The first-order chi connectivity index (χ1) is 22.3. The summed E-state index contributed by atoms with van der Waals surface area (Å²) >= 11 is 1.83. The molecular weight excluding hydrogens is 785 g/mol. The molecule has 0 aliphatic rings. The topological polar surface area (TPSA) is 25.8 Å². The molecule has 1 radical (unpaired) electrons. The van der Waals surface area contributed by atoms with Crippen LogP contribution in [0.15, 0.2) is 134 Å². The van der Waals surface area contributed by atoms with Crippen LogP contribution in [0.3, 0.4) is 0 Å². The van der Waals surface area contributed by atoms with Crippen molar-refractivity contribution >= 4 is 55.5 Å². The number of nitrogens with zero attached hydrogens (tertiary/aromatic N) is 2. The number of pyridine rings is 2. The van der Waals surface area contributed by atoms with Gasteiger partial charge in [0.1, 0.15) is 0 Å². The van der Waals surface area contributed by atoms with Crippen molar-refractivity contribution in [3.8, 4) is 33.6 Å². The van der Waals surface area contributed by atoms with E-state index in [4.69, 9.17) is 4.98 Å². The first-order valence-corrected chi connectivity index (χ1v) is 19.9. The zero-order chi connectivity index (χ0) is 31.7. The van der Waals surface area contributed by atoms with Gasteiger partial charge in [-0.2, -0.15) is 11.3 Å². The molecule has 0 fully saturated rings. The van der Waals surface area contributed by atoms with Crippen molar-refractivity contribution in [2.24, 2.45) is 0 Å². The fourth-order valence-electron chi connectivity index (χ4n) is 6.00. The number of aromatic nitrogens is 2. The van der Waals surface area contributed by atoms with Gasteiger partial charge >= 0.3 is 0 Å². The van der Waals surface area contributed by atoms with E-state index in [0.29, 0.717) is 0 Å². The normalized spacial score (nSPS) is 11.2. The van der Waals surface area contributed by atoms with Gasteiger partial charge in [-0.15, -0.1) is 59.7 Å². The smallest absolute Gasteiger partial charge is 0.0798 e. The Morgan fingerprint density at radius 2 is 1.36 bits per heavy atom. The van der Waals surface area contributed by atoms with Crippen LogP contribution in [0.5, 0.6) is 0 Å². The molecule has 0 atom stereocenters. The van der Waals surface area contributed by atoms with E-state index in [0.717, 1.165) is 27.9 Å². The van der Waals surface area contributed by atoms with Crippen LogP contribution in [0, 0.1) is 19.1 Å². The number of hydrogen-bond donors (Lipinski definition) is 0. The number of thiophene rings is 1. The van der Waals surface area contributed by atoms with Crippen LogP contribution in [-0.2, 0) is 20.1 Å². The minimum absolute atomic E-state index is 0. The molecule has 8 aromatic rings. The van der Waals surface area contributed by atoms with Gasteiger partial charge in [-0.3, -0.25) is 0 Å². The maximum Gasteiger partial charge on any atom is 0.0798 e. The van der Waals surface area contributed by atoms with Crippen LogP contribution in [0.1, 0.15) is 5.56 Å². The summed E-state index contributed by atoms with van der Waals surface area (Å²) in [5, 5.41) is 6.37. The van der Waals surface area contributed by atoms with Gasteiger partial charge in [0.2, 0.25) is 0 Å². The van der Waals surface area contributed by atoms with Gasteiger partial charge in [-0.25, -0.2) is 0 Å². The summed E-state index contributed by atoms with van der Waals surface area (Å²) in [4.78, 5) is 9.32. The molecule has 0 aliphatic carbocycles. The Balaban J connectivity index is 0.000000185. The van der Waals surface area contributed by atoms with E-state index in [2.05, 4.69) is 141 Å². The fourth-order valence-corrected chi connectivity index (χ4v) is 8.96. The van der Waals surface area contributed by atoms with E-state index in [1.807, 2.05) is 47.9 Å².